The van der Waals surface area contributed by atoms with Gasteiger partial charge >= 0.3 is 0 Å². The van der Waals surface area contributed by atoms with Gasteiger partial charge in [0.15, 0.2) is 0 Å². The number of benzene rings is 1. The molecule has 1 atom stereocenters. The Morgan fingerprint density at radius 1 is 1.24 bits per heavy atom. The topological polar surface area (TPSA) is 62.8 Å². The molecule has 132 valence electrons. The Morgan fingerprint density at radius 3 is 2.84 bits per heavy atom. The fraction of sp³-hybridized carbons (Fsp3) is 0.389. The number of methoxy groups -OCH3 is 2. The van der Waals surface area contributed by atoms with E-state index < -0.39 is 0 Å². The Morgan fingerprint density at radius 2 is 2.08 bits per heavy atom. The lowest BCUT2D eigenvalue weighted by Crippen LogP contribution is -2.38. The van der Waals surface area contributed by atoms with Crippen LogP contribution in [0.3, 0.4) is 0 Å². The van der Waals surface area contributed by atoms with Gasteiger partial charge in [0.25, 0.3) is 5.91 Å². The molecule has 0 fully saturated rings. The molecule has 0 aliphatic carbocycles. The molecule has 3 heterocycles. The number of anilines is 1. The van der Waals surface area contributed by atoms with Crippen LogP contribution < -0.4 is 20.1 Å². The number of hydrogen-bond acceptors (Lipinski definition) is 6. The minimum atomic E-state index is -0.345. The number of rotatable bonds is 3. The van der Waals surface area contributed by atoms with Gasteiger partial charge in [0.2, 0.25) is 0 Å². The van der Waals surface area contributed by atoms with E-state index in [1.807, 2.05) is 18.2 Å². The van der Waals surface area contributed by atoms with E-state index in [9.17, 15) is 4.79 Å². The lowest BCUT2D eigenvalue weighted by molar-refractivity contribution is 0.0934. The van der Waals surface area contributed by atoms with Crippen molar-refractivity contribution in [3.63, 3.8) is 0 Å². The molecule has 2 aliphatic heterocycles. The zero-order valence-electron chi connectivity index (χ0n) is 14.5. The van der Waals surface area contributed by atoms with Crippen molar-refractivity contribution < 1.29 is 14.3 Å². The summed E-state index contributed by atoms with van der Waals surface area (Å²) in [5, 5.41) is 7.49. The maximum atomic E-state index is 12.8. The Bertz CT molecular complexity index is 833. The number of hydrogen-bond donors (Lipinski definition) is 2. The first-order chi connectivity index (χ1) is 12.1. The van der Waals surface area contributed by atoms with Crippen LogP contribution in [-0.2, 0) is 13.0 Å². The van der Waals surface area contributed by atoms with Crippen LogP contribution in [-0.4, -0.2) is 38.6 Å². The number of carbonyl (C=O) groups excluding carboxylic acids is 1. The van der Waals surface area contributed by atoms with Crippen molar-refractivity contribution in [1.29, 1.82) is 0 Å². The third-order valence-electron chi connectivity index (χ3n) is 4.77. The molecule has 1 aromatic carbocycles. The molecule has 1 aromatic heterocycles. The lowest BCUT2D eigenvalue weighted by Gasteiger charge is -2.28. The largest absolute Gasteiger partial charge is 0.497 e. The highest BCUT2D eigenvalue weighted by molar-refractivity contribution is 7.16. The molecule has 0 radical (unpaired) electrons. The standard InChI is InChI=1S/C18H21N3O3S/c1-21-7-6-11-14(9-21)25-18-15(11)17(22)19-16(20-18)12-8-10(23-2)4-5-13(12)24-3/h4-5,8,16,20H,6-7,9H2,1-3H3,(H,19,22)/t16-/m1/s1. The second-order valence-electron chi connectivity index (χ2n) is 6.35. The second-order valence-corrected chi connectivity index (χ2v) is 7.46. The first-order valence-corrected chi connectivity index (χ1v) is 9.04. The van der Waals surface area contributed by atoms with Gasteiger partial charge in [-0.2, -0.15) is 0 Å². The summed E-state index contributed by atoms with van der Waals surface area (Å²) in [7, 11) is 5.36. The zero-order chi connectivity index (χ0) is 17.6. The molecule has 2 N–H and O–H groups in total. The molecule has 2 aromatic rings. The SMILES string of the molecule is COc1ccc(OC)c([C@@H]2NC(=O)c3c(sc4c3CCN(C)C4)N2)c1. The molecule has 0 bridgehead atoms. The Kier molecular flexibility index (Phi) is 4.05. The molecule has 25 heavy (non-hydrogen) atoms. The lowest BCUT2D eigenvalue weighted by atomic mass is 10.0. The predicted molar refractivity (Wildman–Crippen MR) is 97.7 cm³/mol. The van der Waals surface area contributed by atoms with Gasteiger partial charge in [0, 0.05) is 23.5 Å². The van der Waals surface area contributed by atoms with Gasteiger partial charge < -0.3 is 25.0 Å². The first kappa shape index (κ1) is 16.2. The van der Waals surface area contributed by atoms with E-state index in [-0.39, 0.29) is 12.1 Å². The fourth-order valence-corrected chi connectivity index (χ4v) is 4.82. The molecule has 4 rings (SSSR count). The molecule has 6 nitrogen and oxygen atoms in total. The summed E-state index contributed by atoms with van der Waals surface area (Å²) in [6.45, 7) is 1.88. The molecule has 7 heteroatoms. The minimum Gasteiger partial charge on any atom is -0.497 e. The van der Waals surface area contributed by atoms with E-state index >= 15 is 0 Å². The van der Waals surface area contributed by atoms with Gasteiger partial charge in [-0.3, -0.25) is 4.79 Å². The van der Waals surface area contributed by atoms with Gasteiger partial charge in [-0.15, -0.1) is 11.3 Å². The van der Waals surface area contributed by atoms with E-state index in [2.05, 4.69) is 22.6 Å². The molecule has 0 saturated heterocycles. The monoisotopic (exact) mass is 359 g/mol. The summed E-state index contributed by atoms with van der Waals surface area (Å²) in [6.07, 6.45) is 0.572. The van der Waals surface area contributed by atoms with Crippen LogP contribution in [0, 0.1) is 0 Å². The maximum absolute atomic E-state index is 12.8. The summed E-state index contributed by atoms with van der Waals surface area (Å²) in [4.78, 5) is 16.4. The first-order valence-electron chi connectivity index (χ1n) is 8.23. The normalized spacial score (nSPS) is 19.5. The van der Waals surface area contributed by atoms with Crippen molar-refractivity contribution in [2.24, 2.45) is 0 Å². The Labute approximate surface area is 150 Å². The Hall–Kier alpha value is -2.25. The minimum absolute atomic E-state index is 0.0225. The molecule has 1 amide bonds. The van der Waals surface area contributed by atoms with E-state index in [1.165, 1.54) is 10.4 Å². The number of fused-ring (bicyclic) bond motifs is 3. The second kappa shape index (κ2) is 6.24. The van der Waals surface area contributed by atoms with Crippen LogP contribution in [0.5, 0.6) is 11.5 Å². The summed E-state index contributed by atoms with van der Waals surface area (Å²) in [5.41, 5.74) is 2.86. The molecular weight excluding hydrogens is 338 g/mol. The maximum Gasteiger partial charge on any atom is 0.256 e. The average Bonchev–Trinajstić information content (AvgIpc) is 2.98. The number of carbonyl (C=O) groups is 1. The molecule has 2 aliphatic rings. The van der Waals surface area contributed by atoms with Crippen LogP contribution in [0.15, 0.2) is 18.2 Å². The van der Waals surface area contributed by atoms with E-state index in [0.29, 0.717) is 5.75 Å². The van der Waals surface area contributed by atoms with Crippen molar-refractivity contribution in [3.8, 4) is 11.5 Å². The van der Waals surface area contributed by atoms with Crippen LogP contribution >= 0.6 is 11.3 Å². The fourth-order valence-electron chi connectivity index (χ4n) is 3.46. The number of amides is 1. The quantitative estimate of drug-likeness (QED) is 0.882. The number of nitrogens with one attached hydrogen (secondary N) is 2. The van der Waals surface area contributed by atoms with Crippen LogP contribution in [0.2, 0.25) is 0 Å². The van der Waals surface area contributed by atoms with Crippen molar-refractivity contribution in [3.05, 3.63) is 39.8 Å². The van der Waals surface area contributed by atoms with E-state index in [4.69, 9.17) is 9.47 Å². The van der Waals surface area contributed by atoms with Gasteiger partial charge in [-0.25, -0.2) is 0 Å². The summed E-state index contributed by atoms with van der Waals surface area (Å²) < 4.78 is 10.8. The molecular formula is C18H21N3O3S. The van der Waals surface area contributed by atoms with Crippen LogP contribution in [0.25, 0.3) is 0 Å². The smallest absolute Gasteiger partial charge is 0.256 e. The highest BCUT2D eigenvalue weighted by Gasteiger charge is 2.33. The van der Waals surface area contributed by atoms with Crippen molar-refractivity contribution in [2.75, 3.05) is 33.1 Å². The zero-order valence-corrected chi connectivity index (χ0v) is 15.3. The van der Waals surface area contributed by atoms with Gasteiger partial charge in [-0.1, -0.05) is 0 Å². The molecule has 0 unspecified atom stereocenters. The van der Waals surface area contributed by atoms with E-state index in [1.54, 1.807) is 25.6 Å². The van der Waals surface area contributed by atoms with E-state index in [0.717, 1.165) is 41.4 Å². The number of ether oxygens (including phenoxy) is 2. The van der Waals surface area contributed by atoms with Crippen LogP contribution in [0.1, 0.15) is 32.5 Å². The summed E-state index contributed by atoms with van der Waals surface area (Å²) >= 11 is 1.68. The molecule has 0 spiro atoms. The average molecular weight is 359 g/mol. The highest BCUT2D eigenvalue weighted by Crippen LogP contribution is 2.42. The number of thiophene rings is 1. The van der Waals surface area contributed by atoms with Gasteiger partial charge in [-0.05, 0) is 37.2 Å². The van der Waals surface area contributed by atoms with Gasteiger partial charge in [0.1, 0.15) is 22.7 Å². The summed E-state index contributed by atoms with van der Waals surface area (Å²) in [6, 6.07) is 5.59. The predicted octanol–water partition coefficient (Wildman–Crippen LogP) is 2.61. The number of likely N-dealkylation sites (N-methyl/N-ethyl adjacent to an activating group) is 1. The highest BCUT2D eigenvalue weighted by atomic mass is 32.1. The van der Waals surface area contributed by atoms with Crippen molar-refractivity contribution in [2.45, 2.75) is 19.1 Å². The van der Waals surface area contributed by atoms with Crippen LogP contribution in [0.4, 0.5) is 5.00 Å². The number of nitrogens with zero attached hydrogens (tertiary/aromatic N) is 1. The Balaban J connectivity index is 1.72. The third kappa shape index (κ3) is 2.73. The third-order valence-corrected chi connectivity index (χ3v) is 5.92. The van der Waals surface area contributed by atoms with Crippen molar-refractivity contribution >= 4 is 22.2 Å². The summed E-state index contributed by atoms with van der Waals surface area (Å²) in [5.74, 6) is 1.42. The van der Waals surface area contributed by atoms with Gasteiger partial charge in [0.05, 0.1) is 19.8 Å². The van der Waals surface area contributed by atoms with Crippen molar-refractivity contribution in [1.82, 2.24) is 10.2 Å². The molecule has 0 saturated carbocycles.